The molecule has 27 heavy (non-hydrogen) atoms. The predicted octanol–water partition coefficient (Wildman–Crippen LogP) is 4.12. The van der Waals surface area contributed by atoms with Gasteiger partial charge in [0.2, 0.25) is 0 Å². The van der Waals surface area contributed by atoms with E-state index in [2.05, 4.69) is 34.5 Å². The van der Waals surface area contributed by atoms with Crippen molar-refractivity contribution in [2.75, 3.05) is 13.1 Å². The molecule has 1 amide bonds. The zero-order valence-electron chi connectivity index (χ0n) is 15.5. The minimum atomic E-state index is -0.0398. The van der Waals surface area contributed by atoms with Crippen LogP contribution >= 0.6 is 0 Å². The summed E-state index contributed by atoms with van der Waals surface area (Å²) in [5, 5.41) is 3.11. The number of aryl methyl sites for hydroxylation is 1. The Kier molecular flexibility index (Phi) is 5.07. The maximum absolute atomic E-state index is 12.7. The Bertz CT molecular complexity index is 918. The number of hydrogen-bond donors (Lipinski definition) is 1. The molecule has 2 aromatic carbocycles. The summed E-state index contributed by atoms with van der Waals surface area (Å²) >= 11 is 0. The highest BCUT2D eigenvalue weighted by Gasteiger charge is 2.27. The number of furan rings is 1. The van der Waals surface area contributed by atoms with Crippen molar-refractivity contribution < 1.29 is 9.21 Å². The van der Waals surface area contributed by atoms with Gasteiger partial charge in [0.25, 0.3) is 5.91 Å². The molecule has 0 saturated heterocycles. The van der Waals surface area contributed by atoms with Gasteiger partial charge in [0.05, 0.1) is 12.3 Å². The summed E-state index contributed by atoms with van der Waals surface area (Å²) in [5.41, 5.74) is 4.47. The van der Waals surface area contributed by atoms with Crippen LogP contribution in [-0.4, -0.2) is 23.9 Å². The van der Waals surface area contributed by atoms with Crippen molar-refractivity contribution in [2.45, 2.75) is 25.9 Å². The van der Waals surface area contributed by atoms with Gasteiger partial charge < -0.3 is 9.73 Å². The summed E-state index contributed by atoms with van der Waals surface area (Å²) in [7, 11) is 0. The minimum Gasteiger partial charge on any atom is -0.468 e. The number of benzene rings is 2. The Balaban J connectivity index is 1.51. The standard InChI is InChI=1S/C23H24N2O2/c1-17-7-2-5-10-20(17)23(26)24-15-21(22-11-6-14-27-22)25-13-12-18-8-3-4-9-19(18)16-25/h2-11,14,21H,12-13,15-16H2,1H3,(H,24,26)/t21-/m1/s1. The van der Waals surface area contributed by atoms with Crippen LogP contribution in [-0.2, 0) is 13.0 Å². The van der Waals surface area contributed by atoms with Crippen LogP contribution in [0.5, 0.6) is 0 Å². The fourth-order valence-corrected chi connectivity index (χ4v) is 3.79. The molecule has 1 N–H and O–H groups in total. The second-order valence-corrected chi connectivity index (χ2v) is 7.05. The van der Waals surface area contributed by atoms with Crippen LogP contribution in [0.1, 0.15) is 38.9 Å². The van der Waals surface area contributed by atoms with Gasteiger partial charge in [0, 0.05) is 25.2 Å². The monoisotopic (exact) mass is 360 g/mol. The lowest BCUT2D eigenvalue weighted by Crippen LogP contribution is -2.40. The SMILES string of the molecule is Cc1ccccc1C(=O)NC[C@H](c1ccco1)N1CCc2ccccc2C1. The molecule has 1 aliphatic heterocycles. The quantitative estimate of drug-likeness (QED) is 0.744. The highest BCUT2D eigenvalue weighted by molar-refractivity contribution is 5.95. The molecule has 1 atom stereocenters. The molecule has 0 bridgehead atoms. The number of rotatable bonds is 5. The highest BCUT2D eigenvalue weighted by atomic mass is 16.3. The first kappa shape index (κ1) is 17.6. The van der Waals surface area contributed by atoms with Gasteiger partial charge in [-0.2, -0.15) is 0 Å². The Labute approximate surface area is 159 Å². The smallest absolute Gasteiger partial charge is 0.251 e. The van der Waals surface area contributed by atoms with Crippen molar-refractivity contribution in [1.29, 1.82) is 0 Å². The van der Waals surface area contributed by atoms with Crippen molar-refractivity contribution in [3.63, 3.8) is 0 Å². The first-order valence-electron chi connectivity index (χ1n) is 9.40. The molecular formula is C23H24N2O2. The average molecular weight is 360 g/mol. The molecule has 0 fully saturated rings. The van der Waals surface area contributed by atoms with Crippen LogP contribution < -0.4 is 5.32 Å². The van der Waals surface area contributed by atoms with Crippen LogP contribution in [0.15, 0.2) is 71.3 Å². The van der Waals surface area contributed by atoms with Crippen LogP contribution in [0.2, 0.25) is 0 Å². The van der Waals surface area contributed by atoms with Crippen molar-refractivity contribution in [2.24, 2.45) is 0 Å². The van der Waals surface area contributed by atoms with Crippen LogP contribution in [0.3, 0.4) is 0 Å². The molecule has 138 valence electrons. The van der Waals surface area contributed by atoms with E-state index in [4.69, 9.17) is 4.42 Å². The van der Waals surface area contributed by atoms with Gasteiger partial charge in [0.15, 0.2) is 0 Å². The van der Waals surface area contributed by atoms with Gasteiger partial charge in [-0.3, -0.25) is 9.69 Å². The number of carbonyl (C=O) groups is 1. The number of nitrogens with zero attached hydrogens (tertiary/aromatic N) is 1. The third kappa shape index (κ3) is 3.81. The van der Waals surface area contributed by atoms with E-state index in [0.717, 1.165) is 36.4 Å². The molecule has 4 heteroatoms. The topological polar surface area (TPSA) is 45.5 Å². The van der Waals surface area contributed by atoms with Crippen LogP contribution in [0.25, 0.3) is 0 Å². The van der Waals surface area contributed by atoms with Gasteiger partial charge >= 0.3 is 0 Å². The molecule has 2 heterocycles. The molecule has 1 aromatic heterocycles. The summed E-state index contributed by atoms with van der Waals surface area (Å²) in [4.78, 5) is 15.0. The molecule has 0 aliphatic carbocycles. The molecule has 3 aromatic rings. The largest absolute Gasteiger partial charge is 0.468 e. The lowest BCUT2D eigenvalue weighted by Gasteiger charge is -2.34. The molecule has 0 unspecified atom stereocenters. The summed E-state index contributed by atoms with van der Waals surface area (Å²) in [6.07, 6.45) is 2.71. The number of carbonyl (C=O) groups excluding carboxylic acids is 1. The maximum Gasteiger partial charge on any atom is 0.251 e. The van der Waals surface area contributed by atoms with E-state index in [1.807, 2.05) is 43.3 Å². The Morgan fingerprint density at radius 2 is 1.85 bits per heavy atom. The second-order valence-electron chi connectivity index (χ2n) is 7.05. The van der Waals surface area contributed by atoms with Gasteiger partial charge in [-0.25, -0.2) is 0 Å². The average Bonchev–Trinajstić information content (AvgIpc) is 3.23. The highest BCUT2D eigenvalue weighted by Crippen LogP contribution is 2.28. The zero-order valence-corrected chi connectivity index (χ0v) is 15.5. The molecular weight excluding hydrogens is 336 g/mol. The number of hydrogen-bond acceptors (Lipinski definition) is 3. The van der Waals surface area contributed by atoms with Gasteiger partial charge in [-0.15, -0.1) is 0 Å². The Morgan fingerprint density at radius 1 is 1.07 bits per heavy atom. The van der Waals surface area contributed by atoms with Gasteiger partial charge in [0.1, 0.15) is 5.76 Å². The number of nitrogens with one attached hydrogen (secondary N) is 1. The first-order valence-corrected chi connectivity index (χ1v) is 9.40. The lowest BCUT2D eigenvalue weighted by molar-refractivity contribution is 0.0918. The van der Waals surface area contributed by atoms with Crippen molar-refractivity contribution in [3.05, 3.63) is 94.9 Å². The van der Waals surface area contributed by atoms with Crippen molar-refractivity contribution in [1.82, 2.24) is 10.2 Å². The molecule has 4 nitrogen and oxygen atoms in total. The van der Waals surface area contributed by atoms with E-state index in [-0.39, 0.29) is 11.9 Å². The number of amides is 1. The zero-order chi connectivity index (χ0) is 18.6. The summed E-state index contributed by atoms with van der Waals surface area (Å²) in [6, 6.07) is 20.2. The van der Waals surface area contributed by atoms with E-state index in [0.29, 0.717) is 6.54 Å². The fourth-order valence-electron chi connectivity index (χ4n) is 3.79. The summed E-state index contributed by atoms with van der Waals surface area (Å²) in [6.45, 7) is 4.29. The van der Waals surface area contributed by atoms with E-state index in [1.165, 1.54) is 11.1 Å². The van der Waals surface area contributed by atoms with E-state index < -0.39 is 0 Å². The predicted molar refractivity (Wildman–Crippen MR) is 106 cm³/mol. The Morgan fingerprint density at radius 3 is 2.63 bits per heavy atom. The first-order chi connectivity index (χ1) is 13.2. The third-order valence-electron chi connectivity index (χ3n) is 5.32. The van der Waals surface area contributed by atoms with Crippen LogP contribution in [0.4, 0.5) is 0 Å². The minimum absolute atomic E-state index is 0.0151. The molecule has 1 aliphatic rings. The number of fused-ring (bicyclic) bond motifs is 1. The third-order valence-corrected chi connectivity index (χ3v) is 5.32. The normalized spacial score (nSPS) is 15.1. The second kappa shape index (κ2) is 7.80. The van der Waals surface area contributed by atoms with Crippen molar-refractivity contribution in [3.8, 4) is 0 Å². The lowest BCUT2D eigenvalue weighted by atomic mass is 9.98. The maximum atomic E-state index is 12.7. The van der Waals surface area contributed by atoms with Crippen molar-refractivity contribution >= 4 is 5.91 Å². The fraction of sp³-hybridized carbons (Fsp3) is 0.261. The molecule has 0 radical (unpaired) electrons. The van der Waals surface area contributed by atoms with E-state index >= 15 is 0 Å². The van der Waals surface area contributed by atoms with Gasteiger partial charge in [-0.05, 0) is 48.2 Å². The molecule has 4 rings (SSSR count). The van der Waals surface area contributed by atoms with Crippen LogP contribution in [0, 0.1) is 6.92 Å². The van der Waals surface area contributed by atoms with E-state index in [1.54, 1.807) is 6.26 Å². The summed E-state index contributed by atoms with van der Waals surface area (Å²) in [5.74, 6) is 0.849. The molecule has 0 saturated carbocycles. The van der Waals surface area contributed by atoms with Gasteiger partial charge in [-0.1, -0.05) is 42.5 Å². The Hall–Kier alpha value is -2.85. The molecule has 0 spiro atoms. The summed E-state index contributed by atoms with van der Waals surface area (Å²) < 4.78 is 5.71. The van der Waals surface area contributed by atoms with E-state index in [9.17, 15) is 4.79 Å².